The van der Waals surface area contributed by atoms with Gasteiger partial charge >= 0.3 is 6.18 Å². The number of nitriles is 1. The van der Waals surface area contributed by atoms with Crippen LogP contribution in [-0.2, 0) is 6.18 Å². The fourth-order valence-corrected chi connectivity index (χ4v) is 1.10. The van der Waals surface area contributed by atoms with Crippen molar-refractivity contribution in [2.45, 2.75) is 6.18 Å². The maximum atomic E-state index is 12.4. The first kappa shape index (κ1) is 12.5. The Hall–Kier alpha value is -2.54. The fourth-order valence-electron chi connectivity index (χ4n) is 1.10. The van der Waals surface area contributed by atoms with Crippen molar-refractivity contribution in [2.75, 3.05) is 0 Å². The highest BCUT2D eigenvalue weighted by Crippen LogP contribution is 2.36. The second-order valence-electron chi connectivity index (χ2n) is 2.85. The molecule has 17 heavy (non-hydrogen) atoms. The largest absolute Gasteiger partial charge is 0.422 e. The molecule has 4 nitrogen and oxygen atoms in total. The molecule has 0 atom stereocenters. The molecule has 0 bridgehead atoms. The molecular formula is C10H3F3N2O2. The number of hydrogen-bond donors (Lipinski definition) is 0. The van der Waals surface area contributed by atoms with Crippen molar-refractivity contribution in [3.63, 3.8) is 0 Å². The lowest BCUT2D eigenvalue weighted by atomic mass is 10.1. The van der Waals surface area contributed by atoms with Gasteiger partial charge in [-0.2, -0.15) is 18.4 Å². The summed E-state index contributed by atoms with van der Waals surface area (Å²) in [7, 11) is 0. The highest BCUT2D eigenvalue weighted by atomic mass is 19.4. The van der Waals surface area contributed by atoms with Gasteiger partial charge in [-0.25, -0.2) is 0 Å². The number of halogens is 3. The van der Waals surface area contributed by atoms with Gasteiger partial charge in [-0.3, -0.25) is 10.1 Å². The lowest BCUT2D eigenvalue weighted by Gasteiger charge is -2.06. The summed E-state index contributed by atoms with van der Waals surface area (Å²) in [5.74, 6) is 4.13. The van der Waals surface area contributed by atoms with E-state index in [0.29, 0.717) is 12.1 Å². The molecule has 86 valence electrons. The normalized spacial score (nSPS) is 10.0. The van der Waals surface area contributed by atoms with E-state index in [-0.39, 0.29) is 5.56 Å². The van der Waals surface area contributed by atoms with Gasteiger partial charge in [0.2, 0.25) is 0 Å². The summed E-state index contributed by atoms with van der Waals surface area (Å²) in [5.41, 5.74) is -2.45. The zero-order valence-electron chi connectivity index (χ0n) is 8.08. The topological polar surface area (TPSA) is 66.9 Å². The van der Waals surface area contributed by atoms with Crippen LogP contribution in [0.3, 0.4) is 0 Å². The van der Waals surface area contributed by atoms with Crippen molar-refractivity contribution in [3.8, 4) is 17.9 Å². The van der Waals surface area contributed by atoms with Crippen LogP contribution in [0.1, 0.15) is 11.1 Å². The van der Waals surface area contributed by atoms with E-state index < -0.39 is 22.4 Å². The van der Waals surface area contributed by atoms with Gasteiger partial charge in [0.15, 0.2) is 6.07 Å². The predicted molar refractivity (Wildman–Crippen MR) is 50.6 cm³/mol. The van der Waals surface area contributed by atoms with E-state index in [2.05, 4.69) is 5.92 Å². The van der Waals surface area contributed by atoms with E-state index in [0.717, 1.165) is 6.07 Å². The maximum Gasteiger partial charge on any atom is 0.422 e. The van der Waals surface area contributed by atoms with Gasteiger partial charge in [-0.05, 0) is 12.1 Å². The fraction of sp³-hybridized carbons (Fsp3) is 0.100. The third-order valence-corrected chi connectivity index (χ3v) is 1.76. The first-order valence-corrected chi connectivity index (χ1v) is 4.12. The molecule has 0 unspecified atom stereocenters. The molecule has 1 rings (SSSR count). The summed E-state index contributed by atoms with van der Waals surface area (Å²) < 4.78 is 37.2. The molecule has 0 aliphatic carbocycles. The highest BCUT2D eigenvalue weighted by Gasteiger charge is 2.38. The predicted octanol–water partition coefficient (Wildman–Crippen LogP) is 2.49. The average molecular weight is 240 g/mol. The quantitative estimate of drug-likeness (QED) is 0.430. The Morgan fingerprint density at radius 1 is 1.35 bits per heavy atom. The minimum absolute atomic E-state index is 0.0220. The van der Waals surface area contributed by atoms with Gasteiger partial charge in [0.25, 0.3) is 5.69 Å². The van der Waals surface area contributed by atoms with Gasteiger partial charge in [-0.15, -0.1) is 0 Å². The van der Waals surface area contributed by atoms with Crippen molar-refractivity contribution in [2.24, 2.45) is 0 Å². The van der Waals surface area contributed by atoms with Crippen LogP contribution in [0.4, 0.5) is 18.9 Å². The number of nitro benzene ring substituents is 1. The third kappa shape index (κ3) is 2.95. The number of hydrogen-bond acceptors (Lipinski definition) is 3. The zero-order valence-corrected chi connectivity index (χ0v) is 8.08. The Morgan fingerprint density at radius 3 is 2.47 bits per heavy atom. The Labute approximate surface area is 93.4 Å². The van der Waals surface area contributed by atoms with Crippen molar-refractivity contribution >= 4 is 5.69 Å². The van der Waals surface area contributed by atoms with Gasteiger partial charge in [0, 0.05) is 17.6 Å². The summed E-state index contributed by atoms with van der Waals surface area (Å²) in [5, 5.41) is 18.6. The van der Waals surface area contributed by atoms with E-state index in [9.17, 15) is 23.3 Å². The standard InChI is InChI=1S/C10H3F3N2O2/c11-10(12,13)8-4-3-7(2-1-5-14)6-9(8)15(16)17/h3-4,6H. The summed E-state index contributed by atoms with van der Waals surface area (Å²) in [6, 6.07) is 3.69. The number of benzene rings is 1. The smallest absolute Gasteiger partial charge is 0.258 e. The molecule has 1 aromatic carbocycles. The molecule has 0 saturated carbocycles. The first-order valence-electron chi connectivity index (χ1n) is 4.12. The molecule has 0 heterocycles. The van der Waals surface area contributed by atoms with Gasteiger partial charge < -0.3 is 0 Å². The van der Waals surface area contributed by atoms with Gasteiger partial charge in [-0.1, -0.05) is 5.92 Å². The Balaban J connectivity index is 3.39. The van der Waals surface area contributed by atoms with Crippen molar-refractivity contribution in [3.05, 3.63) is 39.4 Å². The Morgan fingerprint density at radius 2 is 2.00 bits per heavy atom. The van der Waals surface area contributed by atoms with Crippen LogP contribution in [0, 0.1) is 33.3 Å². The molecule has 7 heteroatoms. The van der Waals surface area contributed by atoms with Crippen LogP contribution in [0.2, 0.25) is 0 Å². The molecule has 1 aromatic rings. The minimum Gasteiger partial charge on any atom is -0.258 e. The molecule has 0 aliphatic rings. The van der Waals surface area contributed by atoms with Crippen LogP contribution in [0.5, 0.6) is 0 Å². The number of rotatable bonds is 1. The van der Waals surface area contributed by atoms with Gasteiger partial charge in [0.1, 0.15) is 5.56 Å². The Kier molecular flexibility index (Phi) is 3.34. The molecule has 0 fully saturated rings. The SMILES string of the molecule is N#CC#Cc1ccc(C(F)(F)F)c([N+](=O)[O-])c1. The van der Waals surface area contributed by atoms with Crippen LogP contribution in [-0.4, -0.2) is 4.92 Å². The number of nitro groups is 1. The second kappa shape index (κ2) is 4.54. The van der Waals surface area contributed by atoms with Crippen molar-refractivity contribution < 1.29 is 18.1 Å². The second-order valence-corrected chi connectivity index (χ2v) is 2.85. The summed E-state index contributed by atoms with van der Waals surface area (Å²) in [6.45, 7) is 0. The molecule has 0 N–H and O–H groups in total. The number of alkyl halides is 3. The molecule has 0 saturated heterocycles. The molecular weight excluding hydrogens is 237 g/mol. The molecule has 0 spiro atoms. The third-order valence-electron chi connectivity index (χ3n) is 1.76. The highest BCUT2D eigenvalue weighted by molar-refractivity contribution is 5.50. The minimum atomic E-state index is -4.80. The zero-order chi connectivity index (χ0) is 13.1. The van der Waals surface area contributed by atoms with E-state index >= 15 is 0 Å². The molecule has 0 radical (unpaired) electrons. The molecule has 0 aromatic heterocycles. The van der Waals surface area contributed by atoms with Crippen molar-refractivity contribution in [1.82, 2.24) is 0 Å². The molecule has 0 aliphatic heterocycles. The van der Waals surface area contributed by atoms with E-state index in [4.69, 9.17) is 5.26 Å². The average Bonchev–Trinajstić information content (AvgIpc) is 2.24. The Bertz CT molecular complexity index is 562. The van der Waals surface area contributed by atoms with Crippen molar-refractivity contribution in [1.29, 1.82) is 5.26 Å². The van der Waals surface area contributed by atoms with Crippen LogP contribution in [0.15, 0.2) is 18.2 Å². The summed E-state index contributed by atoms with van der Waals surface area (Å²) in [4.78, 5) is 9.35. The monoisotopic (exact) mass is 240 g/mol. The van der Waals surface area contributed by atoms with Crippen LogP contribution < -0.4 is 0 Å². The number of nitrogens with zero attached hydrogens (tertiary/aromatic N) is 2. The van der Waals surface area contributed by atoms with E-state index in [1.54, 1.807) is 0 Å². The lowest BCUT2D eigenvalue weighted by Crippen LogP contribution is -2.08. The van der Waals surface area contributed by atoms with Crippen LogP contribution >= 0.6 is 0 Å². The van der Waals surface area contributed by atoms with E-state index in [1.165, 1.54) is 6.07 Å². The molecule has 0 amide bonds. The maximum absolute atomic E-state index is 12.4. The summed E-state index contributed by atoms with van der Waals surface area (Å²) >= 11 is 0. The first-order chi connectivity index (χ1) is 7.86. The summed E-state index contributed by atoms with van der Waals surface area (Å²) in [6.07, 6.45) is -4.80. The van der Waals surface area contributed by atoms with Crippen LogP contribution in [0.25, 0.3) is 0 Å². The lowest BCUT2D eigenvalue weighted by molar-refractivity contribution is -0.388. The van der Waals surface area contributed by atoms with Gasteiger partial charge in [0.05, 0.1) is 4.92 Å². The van der Waals surface area contributed by atoms with E-state index in [1.807, 2.05) is 5.92 Å².